The molecule has 1 heterocycles. The summed E-state index contributed by atoms with van der Waals surface area (Å²) in [6, 6.07) is 14.2. The quantitative estimate of drug-likeness (QED) is 0.600. The van der Waals surface area contributed by atoms with Crippen molar-refractivity contribution < 1.29 is 23.4 Å². The van der Waals surface area contributed by atoms with E-state index in [1.807, 2.05) is 37.3 Å². The number of nitrogens with zero attached hydrogens (tertiary/aromatic N) is 2. The number of carbonyl (C=O) groups is 1. The zero-order valence-corrected chi connectivity index (χ0v) is 14.5. The van der Waals surface area contributed by atoms with Crippen LogP contribution in [0.5, 0.6) is 11.5 Å². The van der Waals surface area contributed by atoms with Crippen molar-refractivity contribution in [1.29, 1.82) is 0 Å². The van der Waals surface area contributed by atoms with Crippen molar-refractivity contribution >= 4 is 5.97 Å². The van der Waals surface area contributed by atoms with Crippen LogP contribution in [0.1, 0.15) is 23.2 Å². The molecule has 0 spiro atoms. The molecule has 0 radical (unpaired) electrons. The molecule has 0 amide bonds. The fraction of sp³-hybridized carbons (Fsp3) is 0.211. The molecule has 3 rings (SSSR count). The fourth-order valence-electron chi connectivity index (χ4n) is 2.29. The van der Waals surface area contributed by atoms with Crippen LogP contribution in [-0.4, -0.2) is 29.9 Å². The van der Waals surface area contributed by atoms with E-state index in [0.717, 1.165) is 5.56 Å². The number of esters is 1. The highest BCUT2D eigenvalue weighted by Gasteiger charge is 2.14. The standard InChI is InChI=1S/C19H18N2O5/c1-3-24-15-10-9-14(11-16(15)23-2)19(22)25-12-17-20-21-18(26-17)13-7-5-4-6-8-13/h4-11H,3,12H2,1-2H3. The summed E-state index contributed by atoms with van der Waals surface area (Å²) < 4.78 is 21.4. The Morgan fingerprint density at radius 1 is 1.08 bits per heavy atom. The highest BCUT2D eigenvalue weighted by atomic mass is 16.5. The maximum Gasteiger partial charge on any atom is 0.338 e. The molecule has 0 N–H and O–H groups in total. The summed E-state index contributed by atoms with van der Waals surface area (Å²) in [5.74, 6) is 1.10. The number of carbonyl (C=O) groups excluding carboxylic acids is 1. The highest BCUT2D eigenvalue weighted by molar-refractivity contribution is 5.90. The Labute approximate surface area is 150 Å². The van der Waals surface area contributed by atoms with Gasteiger partial charge < -0.3 is 18.6 Å². The summed E-state index contributed by atoms with van der Waals surface area (Å²) in [5, 5.41) is 7.84. The van der Waals surface area contributed by atoms with Gasteiger partial charge in [-0.3, -0.25) is 0 Å². The van der Waals surface area contributed by atoms with Crippen molar-refractivity contribution in [1.82, 2.24) is 10.2 Å². The molecular weight excluding hydrogens is 336 g/mol. The topological polar surface area (TPSA) is 83.7 Å². The summed E-state index contributed by atoms with van der Waals surface area (Å²) in [6.45, 7) is 2.25. The molecule has 0 aliphatic rings. The van der Waals surface area contributed by atoms with Gasteiger partial charge in [0.25, 0.3) is 5.89 Å². The predicted molar refractivity (Wildman–Crippen MR) is 93.0 cm³/mol. The van der Waals surface area contributed by atoms with Crippen LogP contribution in [0.3, 0.4) is 0 Å². The van der Waals surface area contributed by atoms with Gasteiger partial charge in [0.15, 0.2) is 18.1 Å². The van der Waals surface area contributed by atoms with Crippen LogP contribution < -0.4 is 9.47 Å². The number of benzene rings is 2. The van der Waals surface area contributed by atoms with Crippen LogP contribution in [0.25, 0.3) is 11.5 Å². The maximum atomic E-state index is 12.2. The monoisotopic (exact) mass is 354 g/mol. The van der Waals surface area contributed by atoms with Crippen LogP contribution in [0, 0.1) is 0 Å². The molecule has 0 saturated heterocycles. The van der Waals surface area contributed by atoms with Gasteiger partial charge in [-0.25, -0.2) is 4.79 Å². The van der Waals surface area contributed by atoms with Gasteiger partial charge in [-0.2, -0.15) is 0 Å². The van der Waals surface area contributed by atoms with Crippen LogP contribution >= 0.6 is 0 Å². The van der Waals surface area contributed by atoms with Crippen LogP contribution in [-0.2, 0) is 11.3 Å². The van der Waals surface area contributed by atoms with Gasteiger partial charge in [-0.05, 0) is 37.3 Å². The Bertz CT molecular complexity index is 877. The summed E-state index contributed by atoms with van der Waals surface area (Å²) in [6.07, 6.45) is 0. The van der Waals surface area contributed by atoms with Gasteiger partial charge in [0.2, 0.25) is 5.89 Å². The zero-order chi connectivity index (χ0) is 18.4. The molecule has 0 atom stereocenters. The summed E-state index contributed by atoms with van der Waals surface area (Å²) in [5.41, 5.74) is 1.14. The summed E-state index contributed by atoms with van der Waals surface area (Å²) in [7, 11) is 1.51. The largest absolute Gasteiger partial charge is 0.493 e. The van der Waals surface area contributed by atoms with E-state index in [1.54, 1.807) is 18.2 Å². The molecular formula is C19H18N2O5. The molecule has 2 aromatic carbocycles. The zero-order valence-electron chi connectivity index (χ0n) is 14.5. The number of ether oxygens (including phenoxy) is 3. The third-order valence-corrected chi connectivity index (χ3v) is 3.51. The van der Waals surface area contributed by atoms with Crippen molar-refractivity contribution in [2.45, 2.75) is 13.5 Å². The molecule has 7 nitrogen and oxygen atoms in total. The second-order valence-corrected chi connectivity index (χ2v) is 5.24. The van der Waals surface area contributed by atoms with E-state index in [0.29, 0.717) is 29.6 Å². The van der Waals surface area contributed by atoms with Crippen LogP contribution in [0.15, 0.2) is 52.9 Å². The van der Waals surface area contributed by atoms with E-state index in [9.17, 15) is 4.79 Å². The van der Waals surface area contributed by atoms with Crippen molar-refractivity contribution in [2.24, 2.45) is 0 Å². The first-order chi connectivity index (χ1) is 12.7. The van der Waals surface area contributed by atoms with Gasteiger partial charge >= 0.3 is 5.97 Å². The Morgan fingerprint density at radius 3 is 2.62 bits per heavy atom. The van der Waals surface area contributed by atoms with Gasteiger partial charge in [0.1, 0.15) is 0 Å². The molecule has 1 aromatic heterocycles. The smallest absolute Gasteiger partial charge is 0.338 e. The number of methoxy groups -OCH3 is 1. The lowest BCUT2D eigenvalue weighted by molar-refractivity contribution is 0.0438. The number of aromatic nitrogens is 2. The first-order valence-corrected chi connectivity index (χ1v) is 8.07. The minimum atomic E-state index is -0.522. The lowest BCUT2D eigenvalue weighted by atomic mass is 10.2. The average Bonchev–Trinajstić information content (AvgIpc) is 3.16. The van der Waals surface area contributed by atoms with Gasteiger partial charge in [0, 0.05) is 5.56 Å². The van der Waals surface area contributed by atoms with E-state index in [-0.39, 0.29) is 12.5 Å². The van der Waals surface area contributed by atoms with E-state index in [2.05, 4.69) is 10.2 Å². The molecule has 0 aliphatic carbocycles. The molecule has 0 unspecified atom stereocenters. The second kappa shape index (κ2) is 8.15. The Kier molecular flexibility index (Phi) is 5.48. The van der Waals surface area contributed by atoms with E-state index in [1.165, 1.54) is 7.11 Å². The fourth-order valence-corrected chi connectivity index (χ4v) is 2.29. The summed E-state index contributed by atoms with van der Waals surface area (Å²) >= 11 is 0. The first kappa shape index (κ1) is 17.5. The van der Waals surface area contributed by atoms with Crippen molar-refractivity contribution in [3.05, 3.63) is 60.0 Å². The van der Waals surface area contributed by atoms with Crippen LogP contribution in [0.4, 0.5) is 0 Å². The molecule has 134 valence electrons. The normalized spacial score (nSPS) is 10.4. The number of hydrogen-bond donors (Lipinski definition) is 0. The van der Waals surface area contributed by atoms with Crippen LogP contribution in [0.2, 0.25) is 0 Å². The molecule has 0 saturated carbocycles. The molecule has 0 aliphatic heterocycles. The molecule has 0 bridgehead atoms. The predicted octanol–water partition coefficient (Wildman–Crippen LogP) is 3.50. The SMILES string of the molecule is CCOc1ccc(C(=O)OCc2nnc(-c3ccccc3)o2)cc1OC. The van der Waals surface area contributed by atoms with Gasteiger partial charge in [-0.15, -0.1) is 10.2 Å². The van der Waals surface area contributed by atoms with Crippen molar-refractivity contribution in [2.75, 3.05) is 13.7 Å². The molecule has 7 heteroatoms. The van der Waals surface area contributed by atoms with E-state index in [4.69, 9.17) is 18.6 Å². The second-order valence-electron chi connectivity index (χ2n) is 5.24. The Balaban J connectivity index is 1.65. The maximum absolute atomic E-state index is 12.2. The Hall–Kier alpha value is -3.35. The van der Waals surface area contributed by atoms with E-state index >= 15 is 0 Å². The van der Waals surface area contributed by atoms with Crippen molar-refractivity contribution in [3.63, 3.8) is 0 Å². The average molecular weight is 354 g/mol. The van der Waals surface area contributed by atoms with Gasteiger partial charge in [0.05, 0.1) is 19.3 Å². The first-order valence-electron chi connectivity index (χ1n) is 8.07. The number of hydrogen-bond acceptors (Lipinski definition) is 7. The molecule has 26 heavy (non-hydrogen) atoms. The lowest BCUT2D eigenvalue weighted by Gasteiger charge is -2.10. The summed E-state index contributed by atoms with van der Waals surface area (Å²) in [4.78, 5) is 12.2. The Morgan fingerprint density at radius 2 is 1.88 bits per heavy atom. The molecule has 3 aromatic rings. The lowest BCUT2D eigenvalue weighted by Crippen LogP contribution is -2.06. The number of rotatable bonds is 7. The van der Waals surface area contributed by atoms with E-state index < -0.39 is 5.97 Å². The highest BCUT2D eigenvalue weighted by Crippen LogP contribution is 2.28. The minimum Gasteiger partial charge on any atom is -0.493 e. The molecule has 0 fully saturated rings. The van der Waals surface area contributed by atoms with Crippen molar-refractivity contribution in [3.8, 4) is 23.0 Å². The minimum absolute atomic E-state index is 0.117. The third kappa shape index (κ3) is 4.00. The van der Waals surface area contributed by atoms with Gasteiger partial charge in [-0.1, -0.05) is 18.2 Å². The third-order valence-electron chi connectivity index (χ3n) is 3.51.